The van der Waals surface area contributed by atoms with Gasteiger partial charge in [-0.2, -0.15) is 0 Å². The van der Waals surface area contributed by atoms with E-state index in [4.69, 9.17) is 4.74 Å². The zero-order valence-corrected chi connectivity index (χ0v) is 17.0. The molecule has 1 amide bonds. The van der Waals surface area contributed by atoms with Crippen molar-refractivity contribution in [1.29, 1.82) is 0 Å². The summed E-state index contributed by atoms with van der Waals surface area (Å²) in [5.74, 6) is 1.61. The van der Waals surface area contributed by atoms with E-state index in [1.807, 2.05) is 36.1 Å². The predicted octanol–water partition coefficient (Wildman–Crippen LogP) is 3.70. The maximum absolute atomic E-state index is 12.0. The Morgan fingerprint density at radius 1 is 1.33 bits per heavy atom. The van der Waals surface area contributed by atoms with Crippen molar-refractivity contribution in [1.82, 2.24) is 19.7 Å². The number of amides is 1. The monoisotopic (exact) mass is 403 g/mol. The Kier molecular flexibility index (Phi) is 6.46. The van der Waals surface area contributed by atoms with Gasteiger partial charge in [-0.15, -0.1) is 21.5 Å². The van der Waals surface area contributed by atoms with Crippen LogP contribution in [0.2, 0.25) is 0 Å². The van der Waals surface area contributed by atoms with E-state index in [1.165, 1.54) is 28.7 Å². The maximum Gasteiger partial charge on any atom is 0.236 e. The molecular formula is C18H21N5O2S2. The first-order valence-electron chi connectivity index (χ1n) is 8.53. The fourth-order valence-corrected chi connectivity index (χ4v) is 3.70. The average molecular weight is 404 g/mol. The summed E-state index contributed by atoms with van der Waals surface area (Å²) in [5.41, 5.74) is 1.27. The molecule has 7 nitrogen and oxygen atoms in total. The SMILES string of the molecule is CCc1ccc(O[C@@H](C)c2nnc(SCC(=O)Nc3nccs3)n2C)cc1. The fourth-order valence-electron chi connectivity index (χ4n) is 2.44. The highest BCUT2D eigenvalue weighted by atomic mass is 32.2. The second-order valence-electron chi connectivity index (χ2n) is 5.83. The number of thioether (sulfide) groups is 1. The van der Waals surface area contributed by atoms with E-state index in [-0.39, 0.29) is 17.8 Å². The molecule has 1 aromatic carbocycles. The van der Waals surface area contributed by atoms with Gasteiger partial charge >= 0.3 is 0 Å². The molecule has 0 bridgehead atoms. The van der Waals surface area contributed by atoms with Gasteiger partial charge in [-0.3, -0.25) is 4.79 Å². The molecular weight excluding hydrogens is 382 g/mol. The lowest BCUT2D eigenvalue weighted by Crippen LogP contribution is -2.14. The molecule has 2 heterocycles. The summed E-state index contributed by atoms with van der Waals surface area (Å²) in [6, 6.07) is 8.04. The van der Waals surface area contributed by atoms with E-state index in [9.17, 15) is 4.79 Å². The van der Waals surface area contributed by atoms with Gasteiger partial charge in [0.15, 0.2) is 22.2 Å². The molecule has 0 unspecified atom stereocenters. The van der Waals surface area contributed by atoms with E-state index >= 15 is 0 Å². The topological polar surface area (TPSA) is 81.9 Å². The molecule has 0 spiro atoms. The molecule has 0 radical (unpaired) electrons. The Morgan fingerprint density at radius 3 is 2.78 bits per heavy atom. The lowest BCUT2D eigenvalue weighted by Gasteiger charge is -2.14. The van der Waals surface area contributed by atoms with Crippen LogP contribution in [-0.4, -0.2) is 31.4 Å². The van der Waals surface area contributed by atoms with E-state index in [0.717, 1.165) is 12.2 Å². The Bertz CT molecular complexity index is 878. The minimum atomic E-state index is -0.256. The van der Waals surface area contributed by atoms with Crippen LogP contribution < -0.4 is 10.1 Å². The highest BCUT2D eigenvalue weighted by molar-refractivity contribution is 7.99. The van der Waals surface area contributed by atoms with Gasteiger partial charge in [-0.05, 0) is 31.0 Å². The van der Waals surface area contributed by atoms with Gasteiger partial charge in [-0.1, -0.05) is 30.8 Å². The Labute approximate surface area is 166 Å². The van der Waals surface area contributed by atoms with Crippen molar-refractivity contribution < 1.29 is 9.53 Å². The average Bonchev–Trinajstić information content (AvgIpc) is 3.30. The number of nitrogens with zero attached hydrogens (tertiary/aromatic N) is 4. The Balaban J connectivity index is 1.57. The largest absolute Gasteiger partial charge is 0.483 e. The molecule has 0 aliphatic rings. The molecule has 2 aromatic heterocycles. The van der Waals surface area contributed by atoms with Gasteiger partial charge in [0.25, 0.3) is 0 Å². The number of hydrogen-bond acceptors (Lipinski definition) is 7. The number of aromatic nitrogens is 4. The first-order chi connectivity index (χ1) is 13.1. The van der Waals surface area contributed by atoms with Crippen LogP contribution >= 0.6 is 23.1 Å². The van der Waals surface area contributed by atoms with Crippen LogP contribution in [0.3, 0.4) is 0 Å². The number of thiazole rings is 1. The van der Waals surface area contributed by atoms with E-state index in [0.29, 0.717) is 16.1 Å². The number of carbonyl (C=O) groups excluding carboxylic acids is 1. The van der Waals surface area contributed by atoms with E-state index < -0.39 is 0 Å². The normalized spacial score (nSPS) is 12.0. The van der Waals surface area contributed by atoms with Crippen molar-refractivity contribution in [3.05, 3.63) is 47.2 Å². The van der Waals surface area contributed by atoms with Crippen LogP contribution in [-0.2, 0) is 18.3 Å². The maximum atomic E-state index is 12.0. The van der Waals surface area contributed by atoms with Gasteiger partial charge in [0.1, 0.15) is 5.75 Å². The number of benzene rings is 1. The highest BCUT2D eigenvalue weighted by Gasteiger charge is 2.18. The number of ether oxygens (including phenoxy) is 1. The van der Waals surface area contributed by atoms with E-state index in [2.05, 4.69) is 39.6 Å². The lowest BCUT2D eigenvalue weighted by molar-refractivity contribution is -0.113. The molecule has 142 valence electrons. The van der Waals surface area contributed by atoms with Crippen LogP contribution in [0.15, 0.2) is 41.0 Å². The van der Waals surface area contributed by atoms with Gasteiger partial charge in [0.05, 0.1) is 5.75 Å². The van der Waals surface area contributed by atoms with Gasteiger partial charge in [-0.25, -0.2) is 4.98 Å². The Morgan fingerprint density at radius 2 is 2.11 bits per heavy atom. The number of rotatable bonds is 8. The summed E-state index contributed by atoms with van der Waals surface area (Å²) in [5, 5.41) is 14.2. The third-order valence-corrected chi connectivity index (χ3v) is 5.60. The number of nitrogens with one attached hydrogen (secondary N) is 1. The van der Waals surface area contributed by atoms with Crippen LogP contribution in [0.1, 0.15) is 31.3 Å². The van der Waals surface area contributed by atoms with Crippen LogP contribution in [0.25, 0.3) is 0 Å². The number of hydrogen-bond donors (Lipinski definition) is 1. The fraction of sp³-hybridized carbons (Fsp3) is 0.333. The lowest BCUT2D eigenvalue weighted by atomic mass is 10.2. The highest BCUT2D eigenvalue weighted by Crippen LogP contribution is 2.24. The predicted molar refractivity (Wildman–Crippen MR) is 107 cm³/mol. The summed E-state index contributed by atoms with van der Waals surface area (Å²) >= 11 is 2.71. The molecule has 0 aliphatic carbocycles. The minimum Gasteiger partial charge on any atom is -0.483 e. The molecule has 0 saturated carbocycles. The van der Waals surface area contributed by atoms with Crippen molar-refractivity contribution in [2.75, 3.05) is 11.1 Å². The molecule has 1 N–H and O–H groups in total. The number of aryl methyl sites for hydroxylation is 1. The molecule has 3 aromatic rings. The second-order valence-corrected chi connectivity index (χ2v) is 7.67. The minimum absolute atomic E-state index is 0.125. The summed E-state index contributed by atoms with van der Waals surface area (Å²) in [4.78, 5) is 16.0. The van der Waals surface area contributed by atoms with Gasteiger partial charge < -0.3 is 14.6 Å². The molecule has 1 atom stereocenters. The molecule has 0 saturated heterocycles. The van der Waals surface area contributed by atoms with Crippen LogP contribution in [0, 0.1) is 0 Å². The molecule has 27 heavy (non-hydrogen) atoms. The summed E-state index contributed by atoms with van der Waals surface area (Å²) in [6.07, 6.45) is 2.39. The first kappa shape index (κ1) is 19.4. The summed E-state index contributed by atoms with van der Waals surface area (Å²) in [6.45, 7) is 4.05. The van der Waals surface area contributed by atoms with Crippen molar-refractivity contribution >= 4 is 34.1 Å². The van der Waals surface area contributed by atoms with Crippen molar-refractivity contribution in [3.63, 3.8) is 0 Å². The van der Waals surface area contributed by atoms with Crippen LogP contribution in [0.5, 0.6) is 5.75 Å². The molecule has 0 aliphatic heterocycles. The molecule has 9 heteroatoms. The summed E-state index contributed by atoms with van der Waals surface area (Å²) in [7, 11) is 1.87. The van der Waals surface area contributed by atoms with E-state index in [1.54, 1.807) is 6.20 Å². The first-order valence-corrected chi connectivity index (χ1v) is 10.4. The van der Waals surface area contributed by atoms with Gasteiger partial charge in [0.2, 0.25) is 5.91 Å². The van der Waals surface area contributed by atoms with Crippen molar-refractivity contribution in [3.8, 4) is 5.75 Å². The zero-order valence-electron chi connectivity index (χ0n) is 15.4. The summed E-state index contributed by atoms with van der Waals surface area (Å²) < 4.78 is 7.82. The third kappa shape index (κ3) is 5.08. The van der Waals surface area contributed by atoms with Crippen molar-refractivity contribution in [2.24, 2.45) is 7.05 Å². The zero-order chi connectivity index (χ0) is 19.2. The Hall–Kier alpha value is -2.39. The van der Waals surface area contributed by atoms with Crippen molar-refractivity contribution in [2.45, 2.75) is 31.5 Å². The number of anilines is 1. The van der Waals surface area contributed by atoms with Gasteiger partial charge in [0, 0.05) is 18.6 Å². The quantitative estimate of drug-likeness (QED) is 0.578. The molecule has 0 fully saturated rings. The number of carbonyl (C=O) groups is 1. The third-order valence-electron chi connectivity index (χ3n) is 3.89. The molecule has 3 rings (SSSR count). The van der Waals surface area contributed by atoms with Crippen LogP contribution in [0.4, 0.5) is 5.13 Å². The second kappa shape index (κ2) is 9.01. The smallest absolute Gasteiger partial charge is 0.236 e. The standard InChI is InChI=1S/C18H21N5O2S2/c1-4-13-5-7-14(8-6-13)25-12(2)16-21-22-18(23(16)3)27-11-15(24)20-17-19-9-10-26-17/h5-10,12H,4,11H2,1-3H3,(H,19,20,24)/t12-/m0/s1.